The Bertz CT molecular complexity index is 609. The van der Waals surface area contributed by atoms with Gasteiger partial charge in [0.05, 0.1) is 10.9 Å². The first-order chi connectivity index (χ1) is 9.49. The predicted octanol–water partition coefficient (Wildman–Crippen LogP) is 2.54. The average Bonchev–Trinajstić information content (AvgIpc) is 2.94. The minimum atomic E-state index is -0.415. The number of nitrogen functional groups attached to an aromatic ring is 1. The lowest BCUT2D eigenvalue weighted by Gasteiger charge is -2.13. The number of carbonyl (C=O) groups is 1. The van der Waals surface area contributed by atoms with Crippen LogP contribution in [0.2, 0.25) is 4.34 Å². The maximum absolute atomic E-state index is 11.5. The molecule has 1 amide bonds. The van der Waals surface area contributed by atoms with E-state index in [0.29, 0.717) is 6.54 Å². The molecule has 0 saturated carbocycles. The molecule has 0 aromatic carbocycles. The van der Waals surface area contributed by atoms with Crippen LogP contribution in [0.25, 0.3) is 0 Å². The van der Waals surface area contributed by atoms with Crippen LogP contribution in [0, 0.1) is 6.92 Å². The molecule has 0 aliphatic rings. The molecule has 3 N–H and O–H groups in total. The number of hydrogen-bond donors (Lipinski definition) is 2. The van der Waals surface area contributed by atoms with Crippen molar-refractivity contribution in [2.24, 2.45) is 5.84 Å². The van der Waals surface area contributed by atoms with E-state index in [1.165, 1.54) is 4.88 Å². The average molecular weight is 314 g/mol. The van der Waals surface area contributed by atoms with Gasteiger partial charge < -0.3 is 4.42 Å². The van der Waals surface area contributed by atoms with Gasteiger partial charge in [-0.2, -0.15) is 0 Å². The molecule has 0 radical (unpaired) electrons. The van der Waals surface area contributed by atoms with Gasteiger partial charge in [-0.15, -0.1) is 11.3 Å². The van der Waals surface area contributed by atoms with Crippen LogP contribution >= 0.6 is 22.9 Å². The molecular weight excluding hydrogens is 298 g/mol. The maximum atomic E-state index is 11.5. The van der Waals surface area contributed by atoms with Crippen molar-refractivity contribution < 1.29 is 9.21 Å². The van der Waals surface area contributed by atoms with Gasteiger partial charge in [0.1, 0.15) is 5.76 Å². The number of rotatable bonds is 5. The van der Waals surface area contributed by atoms with E-state index in [1.807, 2.05) is 32.2 Å². The molecule has 0 bridgehead atoms. The fraction of sp³-hybridized carbons (Fsp3) is 0.308. The highest BCUT2D eigenvalue weighted by Crippen LogP contribution is 2.23. The molecule has 7 heteroatoms. The van der Waals surface area contributed by atoms with Crippen LogP contribution in [0.15, 0.2) is 22.6 Å². The summed E-state index contributed by atoms with van der Waals surface area (Å²) in [6.07, 6.45) is 0. The molecule has 0 spiro atoms. The molecule has 108 valence electrons. The standard InChI is InChI=1S/C13H16ClN3O2S/c1-8-5-9(19-12(8)13(18)16-15)6-17(2)7-10-3-4-11(14)20-10/h3-5H,6-7,15H2,1-2H3,(H,16,18). The van der Waals surface area contributed by atoms with Gasteiger partial charge in [0.25, 0.3) is 0 Å². The molecule has 2 aromatic rings. The third-order valence-electron chi connectivity index (χ3n) is 2.79. The second-order valence-electron chi connectivity index (χ2n) is 4.58. The Morgan fingerprint density at radius 1 is 1.50 bits per heavy atom. The number of hydrazine groups is 1. The Morgan fingerprint density at radius 3 is 2.85 bits per heavy atom. The lowest BCUT2D eigenvalue weighted by Crippen LogP contribution is -2.30. The largest absolute Gasteiger partial charge is 0.454 e. The van der Waals surface area contributed by atoms with E-state index in [4.69, 9.17) is 21.9 Å². The number of nitrogens with two attached hydrogens (primary N) is 1. The number of furan rings is 1. The zero-order valence-corrected chi connectivity index (χ0v) is 12.8. The minimum absolute atomic E-state index is 0.259. The first-order valence-electron chi connectivity index (χ1n) is 6.02. The van der Waals surface area contributed by atoms with Crippen molar-refractivity contribution >= 4 is 28.8 Å². The highest BCUT2D eigenvalue weighted by molar-refractivity contribution is 7.16. The van der Waals surface area contributed by atoms with Crippen LogP contribution in [-0.2, 0) is 13.1 Å². The first kappa shape index (κ1) is 15.1. The number of halogens is 1. The van der Waals surface area contributed by atoms with Crippen molar-refractivity contribution in [2.45, 2.75) is 20.0 Å². The first-order valence-corrected chi connectivity index (χ1v) is 7.22. The summed E-state index contributed by atoms with van der Waals surface area (Å²) in [5.74, 6) is 5.68. The van der Waals surface area contributed by atoms with Crippen LogP contribution in [0.1, 0.15) is 26.8 Å². The summed E-state index contributed by atoms with van der Waals surface area (Å²) in [5, 5.41) is 0. The normalized spacial score (nSPS) is 11.1. The number of aryl methyl sites for hydroxylation is 1. The number of nitrogens with zero attached hydrogens (tertiary/aromatic N) is 1. The topological polar surface area (TPSA) is 71.5 Å². The van der Waals surface area contributed by atoms with Gasteiger partial charge in [0.2, 0.25) is 0 Å². The molecule has 0 atom stereocenters. The van der Waals surface area contributed by atoms with Crippen LogP contribution in [-0.4, -0.2) is 17.9 Å². The quantitative estimate of drug-likeness (QED) is 0.505. The molecule has 5 nitrogen and oxygen atoms in total. The van der Waals surface area contributed by atoms with Crippen molar-refractivity contribution in [1.82, 2.24) is 10.3 Å². The molecule has 0 fully saturated rings. The monoisotopic (exact) mass is 313 g/mol. The Hall–Kier alpha value is -1.34. The van der Waals surface area contributed by atoms with Gasteiger partial charge in [-0.3, -0.25) is 15.1 Å². The third-order valence-corrected chi connectivity index (χ3v) is 4.00. The Kier molecular flexibility index (Phi) is 4.82. The summed E-state index contributed by atoms with van der Waals surface area (Å²) in [6.45, 7) is 3.19. The summed E-state index contributed by atoms with van der Waals surface area (Å²) < 4.78 is 6.31. The number of carbonyl (C=O) groups excluding carboxylic acids is 1. The number of hydrogen-bond acceptors (Lipinski definition) is 5. The van der Waals surface area contributed by atoms with Crippen LogP contribution < -0.4 is 11.3 Å². The van der Waals surface area contributed by atoms with Crippen molar-refractivity contribution in [2.75, 3.05) is 7.05 Å². The highest BCUT2D eigenvalue weighted by Gasteiger charge is 2.15. The Labute approximate surface area is 126 Å². The smallest absolute Gasteiger partial charge is 0.301 e. The number of thiophene rings is 1. The van der Waals surface area contributed by atoms with E-state index in [9.17, 15) is 4.79 Å². The fourth-order valence-corrected chi connectivity index (χ4v) is 3.11. The molecule has 0 aliphatic carbocycles. The van der Waals surface area contributed by atoms with E-state index in [0.717, 1.165) is 22.2 Å². The molecule has 2 rings (SSSR count). The van der Waals surface area contributed by atoms with E-state index >= 15 is 0 Å². The molecule has 2 heterocycles. The van der Waals surface area contributed by atoms with Crippen molar-refractivity contribution in [3.63, 3.8) is 0 Å². The SMILES string of the molecule is Cc1cc(CN(C)Cc2ccc(Cl)s2)oc1C(=O)NN. The summed E-state index contributed by atoms with van der Waals surface area (Å²) in [6, 6.07) is 5.74. The van der Waals surface area contributed by atoms with Crippen LogP contribution in [0.5, 0.6) is 0 Å². The summed E-state index contributed by atoms with van der Waals surface area (Å²) >= 11 is 7.46. The van der Waals surface area contributed by atoms with Gasteiger partial charge in [-0.1, -0.05) is 11.6 Å². The van der Waals surface area contributed by atoms with Gasteiger partial charge in [0.15, 0.2) is 5.76 Å². The van der Waals surface area contributed by atoms with Gasteiger partial charge >= 0.3 is 5.91 Å². The summed E-state index contributed by atoms with van der Waals surface area (Å²) in [4.78, 5) is 14.7. The molecule has 0 saturated heterocycles. The number of amides is 1. The molecule has 20 heavy (non-hydrogen) atoms. The van der Waals surface area contributed by atoms with Gasteiger partial charge in [-0.05, 0) is 32.2 Å². The lowest BCUT2D eigenvalue weighted by atomic mass is 10.2. The highest BCUT2D eigenvalue weighted by atomic mass is 35.5. The molecular formula is C13H16ClN3O2S. The van der Waals surface area contributed by atoms with Gasteiger partial charge in [-0.25, -0.2) is 5.84 Å². The zero-order chi connectivity index (χ0) is 14.7. The van der Waals surface area contributed by atoms with Crippen LogP contribution in [0.3, 0.4) is 0 Å². The van der Waals surface area contributed by atoms with Crippen LogP contribution in [0.4, 0.5) is 0 Å². The lowest BCUT2D eigenvalue weighted by molar-refractivity contribution is 0.0921. The minimum Gasteiger partial charge on any atom is -0.454 e. The maximum Gasteiger partial charge on any atom is 0.301 e. The Balaban J connectivity index is 2.01. The fourth-order valence-electron chi connectivity index (χ4n) is 1.94. The number of nitrogens with one attached hydrogen (secondary N) is 1. The van der Waals surface area contributed by atoms with Crippen molar-refractivity contribution in [1.29, 1.82) is 0 Å². The van der Waals surface area contributed by atoms with Crippen molar-refractivity contribution in [3.05, 3.63) is 44.5 Å². The Morgan fingerprint density at radius 2 is 2.25 bits per heavy atom. The van der Waals surface area contributed by atoms with E-state index in [2.05, 4.69) is 10.3 Å². The zero-order valence-electron chi connectivity index (χ0n) is 11.3. The second kappa shape index (κ2) is 6.41. The molecule has 0 aliphatic heterocycles. The second-order valence-corrected chi connectivity index (χ2v) is 6.38. The predicted molar refractivity (Wildman–Crippen MR) is 79.6 cm³/mol. The molecule has 2 aromatic heterocycles. The van der Waals surface area contributed by atoms with Crippen molar-refractivity contribution in [3.8, 4) is 0 Å². The van der Waals surface area contributed by atoms with E-state index in [1.54, 1.807) is 11.3 Å². The van der Waals surface area contributed by atoms with Gasteiger partial charge in [0, 0.05) is 17.0 Å². The van der Waals surface area contributed by atoms with E-state index < -0.39 is 5.91 Å². The summed E-state index contributed by atoms with van der Waals surface area (Å²) in [7, 11) is 1.98. The van der Waals surface area contributed by atoms with E-state index in [-0.39, 0.29) is 5.76 Å². The summed E-state index contributed by atoms with van der Waals surface area (Å²) in [5.41, 5.74) is 2.85. The molecule has 0 unspecified atom stereocenters. The third kappa shape index (κ3) is 3.61.